The molecule has 0 spiro atoms. The molecule has 1 aromatic carbocycles. The highest BCUT2D eigenvalue weighted by Gasteiger charge is 2.09. The van der Waals surface area contributed by atoms with E-state index in [0.29, 0.717) is 12.3 Å². The minimum absolute atomic E-state index is 0.283. The first-order valence-electron chi connectivity index (χ1n) is 5.22. The van der Waals surface area contributed by atoms with Gasteiger partial charge in [0, 0.05) is 16.8 Å². The summed E-state index contributed by atoms with van der Waals surface area (Å²) in [6, 6.07) is 8.13. The molecule has 0 saturated heterocycles. The van der Waals surface area contributed by atoms with Crippen LogP contribution >= 0.6 is 15.9 Å². The molecule has 0 N–H and O–H groups in total. The normalized spacial score (nSPS) is 11.0. The lowest BCUT2D eigenvalue weighted by atomic mass is 10.1. The van der Waals surface area contributed by atoms with Crippen LogP contribution in [-0.2, 0) is 6.42 Å². The summed E-state index contributed by atoms with van der Waals surface area (Å²) >= 11 is 3.40. The number of halogens is 1. The van der Waals surface area contributed by atoms with Gasteiger partial charge in [-0.05, 0) is 17.7 Å². The molecule has 3 nitrogen and oxygen atoms in total. The lowest BCUT2D eigenvalue weighted by Gasteiger charge is -1.96. The van der Waals surface area contributed by atoms with Crippen LogP contribution in [0.4, 0.5) is 0 Å². The summed E-state index contributed by atoms with van der Waals surface area (Å²) in [6.07, 6.45) is 0.712. The fourth-order valence-electron chi connectivity index (χ4n) is 1.36. The van der Waals surface area contributed by atoms with Crippen molar-refractivity contribution < 1.29 is 4.52 Å². The molecule has 0 aliphatic heterocycles. The van der Waals surface area contributed by atoms with Crippen LogP contribution in [0.25, 0.3) is 0 Å². The molecule has 2 aromatic rings. The van der Waals surface area contributed by atoms with E-state index >= 15 is 0 Å². The maximum Gasteiger partial charge on any atom is 0.229 e. The molecule has 4 heteroatoms. The molecule has 0 aliphatic carbocycles. The molecular weight excluding hydrogens is 268 g/mol. The Kier molecular flexibility index (Phi) is 3.39. The summed E-state index contributed by atoms with van der Waals surface area (Å²) in [5, 5.41) is 3.96. The summed E-state index contributed by atoms with van der Waals surface area (Å²) in [7, 11) is 0. The number of benzene rings is 1. The fraction of sp³-hybridized carbons (Fsp3) is 0.333. The van der Waals surface area contributed by atoms with E-state index in [4.69, 9.17) is 4.52 Å². The molecule has 0 fully saturated rings. The van der Waals surface area contributed by atoms with Gasteiger partial charge >= 0.3 is 0 Å². The van der Waals surface area contributed by atoms with Crippen LogP contribution in [0.5, 0.6) is 0 Å². The molecular formula is C12H13BrN2O. The second-order valence-electron chi connectivity index (χ2n) is 4.01. The van der Waals surface area contributed by atoms with Gasteiger partial charge in [-0.1, -0.05) is 47.1 Å². The van der Waals surface area contributed by atoms with Crippen LogP contribution in [-0.4, -0.2) is 10.1 Å². The van der Waals surface area contributed by atoms with Gasteiger partial charge in [0.15, 0.2) is 5.82 Å². The zero-order chi connectivity index (χ0) is 11.5. The first-order chi connectivity index (χ1) is 7.65. The lowest BCUT2D eigenvalue weighted by Crippen LogP contribution is -1.92. The van der Waals surface area contributed by atoms with Crippen molar-refractivity contribution >= 4 is 15.9 Å². The third-order valence-electron chi connectivity index (χ3n) is 2.25. The Labute approximate surface area is 103 Å². The Hall–Kier alpha value is -1.16. The molecule has 0 atom stereocenters. The van der Waals surface area contributed by atoms with Gasteiger partial charge in [0.2, 0.25) is 5.89 Å². The van der Waals surface area contributed by atoms with Crippen LogP contribution in [0.1, 0.15) is 37.0 Å². The SMILES string of the molecule is CC(C)c1nc(Cc2ccc(Br)cc2)no1. The van der Waals surface area contributed by atoms with Gasteiger partial charge in [0.1, 0.15) is 0 Å². The zero-order valence-corrected chi connectivity index (χ0v) is 10.9. The molecule has 84 valence electrons. The topological polar surface area (TPSA) is 38.9 Å². The van der Waals surface area contributed by atoms with E-state index in [1.54, 1.807) is 0 Å². The third kappa shape index (κ3) is 2.70. The second kappa shape index (κ2) is 4.78. The first-order valence-corrected chi connectivity index (χ1v) is 6.01. The third-order valence-corrected chi connectivity index (χ3v) is 2.78. The molecule has 1 aromatic heterocycles. The molecule has 0 amide bonds. The van der Waals surface area contributed by atoms with Crippen molar-refractivity contribution in [2.24, 2.45) is 0 Å². The number of aromatic nitrogens is 2. The summed E-state index contributed by atoms with van der Waals surface area (Å²) in [4.78, 5) is 4.34. The van der Waals surface area contributed by atoms with Crippen LogP contribution < -0.4 is 0 Å². The van der Waals surface area contributed by atoms with E-state index in [1.807, 2.05) is 26.0 Å². The minimum atomic E-state index is 0.283. The number of rotatable bonds is 3. The van der Waals surface area contributed by atoms with E-state index < -0.39 is 0 Å². The van der Waals surface area contributed by atoms with Crippen LogP contribution in [0.3, 0.4) is 0 Å². The van der Waals surface area contributed by atoms with Crippen molar-refractivity contribution in [2.45, 2.75) is 26.2 Å². The highest BCUT2D eigenvalue weighted by atomic mass is 79.9. The quantitative estimate of drug-likeness (QED) is 0.863. The van der Waals surface area contributed by atoms with Crippen molar-refractivity contribution in [3.05, 3.63) is 46.0 Å². The van der Waals surface area contributed by atoms with Gasteiger partial charge in [-0.2, -0.15) is 4.98 Å². The van der Waals surface area contributed by atoms with E-state index in [0.717, 1.165) is 10.3 Å². The van der Waals surface area contributed by atoms with Crippen LogP contribution in [0, 0.1) is 0 Å². The molecule has 0 bridgehead atoms. The van der Waals surface area contributed by atoms with Crippen molar-refractivity contribution in [3.63, 3.8) is 0 Å². The molecule has 0 unspecified atom stereocenters. The zero-order valence-electron chi connectivity index (χ0n) is 9.27. The summed E-state index contributed by atoms with van der Waals surface area (Å²) < 4.78 is 6.23. The summed E-state index contributed by atoms with van der Waals surface area (Å²) in [6.45, 7) is 4.08. The Morgan fingerprint density at radius 2 is 1.94 bits per heavy atom. The average Bonchev–Trinajstić information content (AvgIpc) is 2.70. The lowest BCUT2D eigenvalue weighted by molar-refractivity contribution is 0.361. The van der Waals surface area contributed by atoms with E-state index in [1.165, 1.54) is 5.56 Å². The van der Waals surface area contributed by atoms with Crippen LogP contribution in [0.2, 0.25) is 0 Å². The Bertz CT molecular complexity index is 462. The average molecular weight is 281 g/mol. The second-order valence-corrected chi connectivity index (χ2v) is 4.92. The molecule has 16 heavy (non-hydrogen) atoms. The Balaban J connectivity index is 2.11. The monoisotopic (exact) mass is 280 g/mol. The predicted octanol–water partition coefficient (Wildman–Crippen LogP) is 3.55. The standard InChI is InChI=1S/C12H13BrN2O/c1-8(2)12-14-11(15-16-12)7-9-3-5-10(13)6-4-9/h3-6,8H,7H2,1-2H3. The first kappa shape index (κ1) is 11.3. The smallest absolute Gasteiger partial charge is 0.229 e. The van der Waals surface area contributed by atoms with Crippen molar-refractivity contribution in [1.29, 1.82) is 0 Å². The summed E-state index contributed by atoms with van der Waals surface area (Å²) in [5.74, 6) is 1.73. The largest absolute Gasteiger partial charge is 0.339 e. The van der Waals surface area contributed by atoms with Gasteiger partial charge in [-0.3, -0.25) is 0 Å². The van der Waals surface area contributed by atoms with E-state index in [-0.39, 0.29) is 5.92 Å². The molecule has 0 aliphatic rings. The number of hydrogen-bond acceptors (Lipinski definition) is 3. The summed E-state index contributed by atoms with van der Waals surface area (Å²) in [5.41, 5.74) is 1.18. The van der Waals surface area contributed by atoms with Gasteiger partial charge < -0.3 is 4.52 Å². The molecule has 0 saturated carbocycles. The minimum Gasteiger partial charge on any atom is -0.339 e. The number of nitrogens with zero attached hydrogens (tertiary/aromatic N) is 2. The maximum atomic E-state index is 5.15. The highest BCUT2D eigenvalue weighted by molar-refractivity contribution is 9.10. The molecule has 1 heterocycles. The van der Waals surface area contributed by atoms with Crippen molar-refractivity contribution in [2.75, 3.05) is 0 Å². The maximum absolute atomic E-state index is 5.15. The van der Waals surface area contributed by atoms with Gasteiger partial charge in [0.25, 0.3) is 0 Å². The fourth-order valence-corrected chi connectivity index (χ4v) is 1.62. The van der Waals surface area contributed by atoms with Crippen molar-refractivity contribution in [3.8, 4) is 0 Å². The number of hydrogen-bond donors (Lipinski definition) is 0. The molecule has 0 radical (unpaired) electrons. The highest BCUT2D eigenvalue weighted by Crippen LogP contribution is 2.15. The predicted molar refractivity (Wildman–Crippen MR) is 65.3 cm³/mol. The van der Waals surface area contributed by atoms with Crippen molar-refractivity contribution in [1.82, 2.24) is 10.1 Å². The van der Waals surface area contributed by atoms with Gasteiger partial charge in [0.05, 0.1) is 0 Å². The van der Waals surface area contributed by atoms with Gasteiger partial charge in [-0.25, -0.2) is 0 Å². The Morgan fingerprint density at radius 1 is 1.25 bits per heavy atom. The molecule has 2 rings (SSSR count). The van der Waals surface area contributed by atoms with Crippen LogP contribution in [0.15, 0.2) is 33.3 Å². The van der Waals surface area contributed by atoms with E-state index in [9.17, 15) is 0 Å². The Morgan fingerprint density at radius 3 is 2.50 bits per heavy atom. The van der Waals surface area contributed by atoms with E-state index in [2.05, 4.69) is 38.2 Å². The van der Waals surface area contributed by atoms with Gasteiger partial charge in [-0.15, -0.1) is 0 Å².